The maximum atomic E-state index is 12.6. The molecule has 0 amide bonds. The van der Waals surface area contributed by atoms with Gasteiger partial charge in [-0.15, -0.1) is 0 Å². The van der Waals surface area contributed by atoms with Crippen molar-refractivity contribution in [2.24, 2.45) is 0 Å². The highest BCUT2D eigenvalue weighted by atomic mass is 19.1. The lowest BCUT2D eigenvalue weighted by Gasteiger charge is -2.13. The molecule has 77 valence electrons. The first-order valence-corrected chi connectivity index (χ1v) is 5.23. The van der Waals surface area contributed by atoms with E-state index >= 15 is 0 Å². The van der Waals surface area contributed by atoms with Crippen molar-refractivity contribution < 1.29 is 4.39 Å². The molecule has 0 N–H and O–H groups in total. The summed E-state index contributed by atoms with van der Waals surface area (Å²) in [6.45, 7) is 5.75. The van der Waals surface area contributed by atoms with Crippen LogP contribution in [0.2, 0.25) is 0 Å². The predicted molar refractivity (Wildman–Crippen MR) is 59.2 cm³/mol. The molecule has 0 aliphatic rings. The first kappa shape index (κ1) is 11.2. The van der Waals surface area contributed by atoms with Crippen molar-refractivity contribution >= 4 is 0 Å². The van der Waals surface area contributed by atoms with Gasteiger partial charge in [0.15, 0.2) is 0 Å². The van der Waals surface area contributed by atoms with E-state index in [1.807, 2.05) is 6.92 Å². The summed E-state index contributed by atoms with van der Waals surface area (Å²) in [4.78, 5) is 0. The summed E-state index contributed by atoms with van der Waals surface area (Å²) in [5, 5.41) is 0. The Morgan fingerprint density at radius 1 is 1.21 bits per heavy atom. The standard InChI is InChI=1S/C13H18F/c1-4-11-6-7-12(5-2)13(8-11)10(3)9-14/h6-8H,4-5,9H2,1-3H3. The number of halogens is 1. The third kappa shape index (κ3) is 2.34. The van der Waals surface area contributed by atoms with Gasteiger partial charge in [-0.2, -0.15) is 0 Å². The number of benzene rings is 1. The Balaban J connectivity index is 3.08. The van der Waals surface area contributed by atoms with Crippen LogP contribution in [0.25, 0.3) is 0 Å². The van der Waals surface area contributed by atoms with Crippen LogP contribution in [0, 0.1) is 5.92 Å². The van der Waals surface area contributed by atoms with Crippen molar-refractivity contribution in [2.75, 3.05) is 6.67 Å². The van der Waals surface area contributed by atoms with Crippen LogP contribution in [0.1, 0.15) is 37.5 Å². The third-order valence-electron chi connectivity index (χ3n) is 2.62. The van der Waals surface area contributed by atoms with Crippen LogP contribution in [-0.4, -0.2) is 6.67 Å². The minimum absolute atomic E-state index is 0.347. The fourth-order valence-electron chi connectivity index (χ4n) is 1.62. The number of rotatable bonds is 4. The van der Waals surface area contributed by atoms with Crippen molar-refractivity contribution in [1.82, 2.24) is 0 Å². The quantitative estimate of drug-likeness (QED) is 0.683. The van der Waals surface area contributed by atoms with Crippen LogP contribution in [0.15, 0.2) is 18.2 Å². The number of hydrogen-bond acceptors (Lipinski definition) is 0. The van der Waals surface area contributed by atoms with E-state index in [9.17, 15) is 4.39 Å². The van der Waals surface area contributed by atoms with Gasteiger partial charge in [0.1, 0.15) is 0 Å². The number of alkyl halides is 1. The molecule has 1 radical (unpaired) electrons. The van der Waals surface area contributed by atoms with E-state index in [1.165, 1.54) is 11.1 Å². The molecule has 0 saturated carbocycles. The highest BCUT2D eigenvalue weighted by Gasteiger charge is 2.10. The summed E-state index contributed by atoms with van der Waals surface area (Å²) in [5.74, 6) is 0.845. The van der Waals surface area contributed by atoms with E-state index in [-0.39, 0.29) is 6.67 Å². The lowest BCUT2D eigenvalue weighted by molar-refractivity contribution is 0.515. The first-order valence-electron chi connectivity index (χ1n) is 5.23. The van der Waals surface area contributed by atoms with Crippen molar-refractivity contribution in [1.29, 1.82) is 0 Å². The Labute approximate surface area is 86.2 Å². The maximum Gasteiger partial charge on any atom is 0.0997 e. The van der Waals surface area contributed by atoms with Gasteiger partial charge in [-0.25, -0.2) is 0 Å². The Kier molecular flexibility index (Phi) is 4.12. The molecule has 14 heavy (non-hydrogen) atoms. The monoisotopic (exact) mass is 193 g/mol. The van der Waals surface area contributed by atoms with E-state index < -0.39 is 0 Å². The van der Waals surface area contributed by atoms with Gasteiger partial charge in [0, 0.05) is 5.92 Å². The van der Waals surface area contributed by atoms with Crippen molar-refractivity contribution in [3.05, 3.63) is 40.8 Å². The van der Waals surface area contributed by atoms with Crippen molar-refractivity contribution in [3.8, 4) is 0 Å². The average molecular weight is 193 g/mol. The molecule has 0 atom stereocenters. The van der Waals surface area contributed by atoms with Gasteiger partial charge < -0.3 is 0 Å². The lowest BCUT2D eigenvalue weighted by Crippen LogP contribution is -2.02. The number of hydrogen-bond donors (Lipinski definition) is 0. The fraction of sp³-hybridized carbons (Fsp3) is 0.462. The molecule has 1 aromatic rings. The predicted octanol–water partition coefficient (Wildman–Crippen LogP) is 3.72. The average Bonchev–Trinajstić information content (AvgIpc) is 2.27. The van der Waals surface area contributed by atoms with Gasteiger partial charge in [-0.1, -0.05) is 39.0 Å². The summed E-state index contributed by atoms with van der Waals surface area (Å²) in [5.41, 5.74) is 3.64. The highest BCUT2D eigenvalue weighted by Crippen LogP contribution is 2.22. The van der Waals surface area contributed by atoms with Crippen LogP contribution >= 0.6 is 0 Å². The van der Waals surface area contributed by atoms with E-state index in [2.05, 4.69) is 32.0 Å². The number of aryl methyl sites for hydroxylation is 2. The van der Waals surface area contributed by atoms with Gasteiger partial charge in [-0.3, -0.25) is 4.39 Å². The van der Waals surface area contributed by atoms with Crippen molar-refractivity contribution in [3.63, 3.8) is 0 Å². The zero-order chi connectivity index (χ0) is 10.6. The molecule has 0 fully saturated rings. The zero-order valence-corrected chi connectivity index (χ0v) is 9.23. The highest BCUT2D eigenvalue weighted by molar-refractivity contribution is 5.41. The van der Waals surface area contributed by atoms with E-state index in [1.54, 1.807) is 0 Å². The van der Waals surface area contributed by atoms with Crippen LogP contribution in [0.4, 0.5) is 4.39 Å². The summed E-state index contributed by atoms with van der Waals surface area (Å²) >= 11 is 0. The zero-order valence-electron chi connectivity index (χ0n) is 9.23. The Bertz CT molecular complexity index is 291. The molecule has 0 aliphatic heterocycles. The minimum atomic E-state index is -0.347. The van der Waals surface area contributed by atoms with Crippen LogP contribution in [0.5, 0.6) is 0 Å². The molecule has 0 aromatic heterocycles. The van der Waals surface area contributed by atoms with Crippen LogP contribution in [-0.2, 0) is 12.8 Å². The third-order valence-corrected chi connectivity index (χ3v) is 2.62. The molecule has 0 aliphatic carbocycles. The van der Waals surface area contributed by atoms with E-state index in [0.29, 0.717) is 0 Å². The molecule has 0 saturated heterocycles. The molecule has 0 nitrogen and oxygen atoms in total. The molecule has 0 bridgehead atoms. The van der Waals surface area contributed by atoms with Gasteiger partial charge in [-0.05, 0) is 29.5 Å². The molecule has 1 heteroatoms. The second-order valence-electron chi connectivity index (χ2n) is 3.61. The Hall–Kier alpha value is -0.850. The van der Waals surface area contributed by atoms with E-state index in [4.69, 9.17) is 0 Å². The van der Waals surface area contributed by atoms with Crippen LogP contribution < -0.4 is 0 Å². The van der Waals surface area contributed by atoms with Crippen LogP contribution in [0.3, 0.4) is 0 Å². The summed E-state index contributed by atoms with van der Waals surface area (Å²) in [6, 6.07) is 6.37. The molecule has 1 aromatic carbocycles. The van der Waals surface area contributed by atoms with E-state index in [0.717, 1.165) is 24.3 Å². The minimum Gasteiger partial charge on any atom is -0.250 e. The lowest BCUT2D eigenvalue weighted by atomic mass is 9.93. The topological polar surface area (TPSA) is 0 Å². The van der Waals surface area contributed by atoms with Gasteiger partial charge in [0.2, 0.25) is 0 Å². The largest absolute Gasteiger partial charge is 0.250 e. The summed E-state index contributed by atoms with van der Waals surface area (Å²) in [6.07, 6.45) is 1.98. The second kappa shape index (κ2) is 5.14. The van der Waals surface area contributed by atoms with Gasteiger partial charge >= 0.3 is 0 Å². The fourth-order valence-corrected chi connectivity index (χ4v) is 1.62. The molecular formula is C13H18F. The normalized spacial score (nSPS) is 10.9. The molecular weight excluding hydrogens is 175 g/mol. The smallest absolute Gasteiger partial charge is 0.0997 e. The molecule has 0 unspecified atom stereocenters. The first-order chi connectivity index (χ1) is 6.72. The summed E-state index contributed by atoms with van der Waals surface area (Å²) in [7, 11) is 0. The Morgan fingerprint density at radius 3 is 2.43 bits per heavy atom. The Morgan fingerprint density at radius 2 is 1.93 bits per heavy atom. The SMILES string of the molecule is CCc1ccc(CC)c([C](C)CF)c1. The van der Waals surface area contributed by atoms with Crippen molar-refractivity contribution in [2.45, 2.75) is 33.6 Å². The maximum absolute atomic E-state index is 12.6. The molecule has 1 rings (SSSR count). The molecule has 0 spiro atoms. The summed E-state index contributed by atoms with van der Waals surface area (Å²) < 4.78 is 12.6. The second-order valence-corrected chi connectivity index (χ2v) is 3.61. The van der Waals surface area contributed by atoms with Gasteiger partial charge in [0.25, 0.3) is 0 Å². The molecule has 0 heterocycles. The van der Waals surface area contributed by atoms with Gasteiger partial charge in [0.05, 0.1) is 6.67 Å².